The van der Waals surface area contributed by atoms with Crippen LogP contribution in [0, 0.1) is 0 Å². The Hall–Kier alpha value is 1.24. The molecule has 72 valence electrons. The smallest absolute Gasteiger partial charge is 0.358 e. The fourth-order valence-electron chi connectivity index (χ4n) is 1.00. The van der Waals surface area contributed by atoms with Crippen molar-refractivity contribution >= 4 is 29.2 Å². The molecule has 0 N–H and O–H groups in total. The summed E-state index contributed by atoms with van der Waals surface area (Å²) >= 11 is 9.23. The minimum atomic E-state index is 0. The van der Waals surface area contributed by atoms with E-state index in [4.69, 9.17) is 12.2 Å². The minimum absolute atomic E-state index is 0. The summed E-state index contributed by atoms with van der Waals surface area (Å²) in [7, 11) is 0. The Morgan fingerprint density at radius 2 is 1.54 bits per heavy atom. The molecule has 1 nitrogen and oxygen atoms in total. The molecule has 0 bridgehead atoms. The molecule has 0 atom stereocenters. The molecule has 0 rings (SSSR count). The summed E-state index contributed by atoms with van der Waals surface area (Å²) in [6, 6.07) is 0. The Morgan fingerprint density at radius 1 is 1.15 bits per heavy atom. The molecule has 4 heteroatoms. The predicted octanol–water partition coefficient (Wildman–Crippen LogP) is 0.107. The molecule has 0 fully saturated rings. The molecule has 0 amide bonds. The van der Waals surface area contributed by atoms with Crippen LogP contribution in [0.3, 0.4) is 0 Å². The number of thiocarbonyl (C=S) groups is 1. The molecule has 0 aliphatic heterocycles. The van der Waals surface area contributed by atoms with Crippen molar-refractivity contribution in [3.63, 3.8) is 0 Å². The number of unbranched alkanes of at least 4 members (excludes halogenated alkanes) is 2. The van der Waals surface area contributed by atoms with E-state index in [9.17, 15) is 0 Å². The van der Waals surface area contributed by atoms with E-state index >= 15 is 0 Å². The summed E-state index contributed by atoms with van der Waals surface area (Å²) in [5, 5.41) is 0. The number of hydrogen-bond donors (Lipinski definition) is 1. The maximum absolute atomic E-state index is 5.03. The molecule has 0 unspecified atom stereocenters. The normalized spacial score (nSPS) is 9.15. The van der Waals surface area contributed by atoms with Gasteiger partial charge in [0, 0.05) is 13.1 Å². The molecular formula is C9H19NNaS2+. The molecule has 0 aliphatic rings. The van der Waals surface area contributed by atoms with Gasteiger partial charge < -0.3 is 4.90 Å². The van der Waals surface area contributed by atoms with Crippen LogP contribution in [0.5, 0.6) is 0 Å². The standard InChI is InChI=1S/C9H19NS2.Na/c1-3-5-7-10(9(11)12)8-6-4-2;/h3-8H2,1-2H3,(H,11,12);/q;+1. The Kier molecular flexibility index (Phi) is 14.5. The van der Waals surface area contributed by atoms with Gasteiger partial charge >= 0.3 is 29.6 Å². The second-order valence-electron chi connectivity index (χ2n) is 2.98. The number of thiol groups is 1. The molecule has 0 aromatic rings. The first-order valence-corrected chi connectivity index (χ1v) is 5.55. The average Bonchev–Trinajstić information content (AvgIpc) is 2.04. The van der Waals surface area contributed by atoms with E-state index in [-0.39, 0.29) is 29.6 Å². The van der Waals surface area contributed by atoms with Crippen LogP contribution in [0.15, 0.2) is 0 Å². The molecule has 0 aromatic heterocycles. The van der Waals surface area contributed by atoms with Gasteiger partial charge in [-0.1, -0.05) is 38.9 Å². The van der Waals surface area contributed by atoms with E-state index in [0.29, 0.717) is 0 Å². The zero-order valence-electron chi connectivity index (χ0n) is 9.05. The fraction of sp³-hybridized carbons (Fsp3) is 0.889. The van der Waals surface area contributed by atoms with E-state index in [1.54, 1.807) is 0 Å². The van der Waals surface area contributed by atoms with Crippen molar-refractivity contribution in [3.05, 3.63) is 0 Å². The summed E-state index contributed by atoms with van der Waals surface area (Å²) in [6.45, 7) is 6.52. The third-order valence-corrected chi connectivity index (χ3v) is 2.37. The topological polar surface area (TPSA) is 3.24 Å². The summed E-state index contributed by atoms with van der Waals surface area (Å²) in [6.07, 6.45) is 4.87. The van der Waals surface area contributed by atoms with Crippen LogP contribution >= 0.6 is 24.8 Å². The maximum Gasteiger partial charge on any atom is 1.00 e. The van der Waals surface area contributed by atoms with Crippen LogP contribution in [-0.2, 0) is 0 Å². The van der Waals surface area contributed by atoms with Crippen molar-refractivity contribution in [2.45, 2.75) is 39.5 Å². The zero-order chi connectivity index (χ0) is 9.40. The van der Waals surface area contributed by atoms with Crippen molar-refractivity contribution in [3.8, 4) is 0 Å². The van der Waals surface area contributed by atoms with Gasteiger partial charge in [-0.2, -0.15) is 0 Å². The van der Waals surface area contributed by atoms with Crippen LogP contribution in [0.25, 0.3) is 0 Å². The van der Waals surface area contributed by atoms with E-state index < -0.39 is 0 Å². The SMILES string of the molecule is CCCCN(CCCC)C(=S)S.[Na+]. The number of nitrogens with zero attached hydrogens (tertiary/aromatic N) is 1. The quantitative estimate of drug-likeness (QED) is 0.390. The minimum Gasteiger partial charge on any atom is -0.358 e. The molecule has 13 heavy (non-hydrogen) atoms. The van der Waals surface area contributed by atoms with Crippen molar-refractivity contribution in [1.82, 2.24) is 4.90 Å². The Labute approximate surface area is 115 Å². The van der Waals surface area contributed by atoms with Gasteiger partial charge in [-0.15, -0.1) is 12.6 Å². The Morgan fingerprint density at radius 3 is 1.77 bits per heavy atom. The molecule has 0 saturated heterocycles. The summed E-state index contributed by atoms with van der Waals surface area (Å²) in [5.41, 5.74) is 0. The molecule has 0 aliphatic carbocycles. The van der Waals surface area contributed by atoms with Crippen LogP contribution in [0.1, 0.15) is 39.5 Å². The van der Waals surface area contributed by atoms with E-state index in [1.165, 1.54) is 25.7 Å². The maximum atomic E-state index is 5.03. The molecule has 0 radical (unpaired) electrons. The van der Waals surface area contributed by atoms with Crippen molar-refractivity contribution < 1.29 is 29.6 Å². The third kappa shape index (κ3) is 9.54. The largest absolute Gasteiger partial charge is 1.00 e. The van der Waals surface area contributed by atoms with Crippen LogP contribution in [0.2, 0.25) is 0 Å². The van der Waals surface area contributed by atoms with Gasteiger partial charge in [-0.3, -0.25) is 0 Å². The number of hydrogen-bond acceptors (Lipinski definition) is 1. The van der Waals surface area contributed by atoms with E-state index in [0.717, 1.165) is 17.4 Å². The van der Waals surface area contributed by atoms with Crippen molar-refractivity contribution in [2.75, 3.05) is 13.1 Å². The first-order valence-electron chi connectivity index (χ1n) is 4.70. The summed E-state index contributed by atoms with van der Waals surface area (Å²) in [4.78, 5) is 2.19. The first-order chi connectivity index (χ1) is 5.72. The monoisotopic (exact) mass is 228 g/mol. The summed E-state index contributed by atoms with van der Waals surface area (Å²) in [5.74, 6) is 0. The van der Waals surface area contributed by atoms with Crippen LogP contribution in [-0.4, -0.2) is 22.3 Å². The van der Waals surface area contributed by atoms with Crippen LogP contribution < -0.4 is 29.6 Å². The Bertz CT molecular complexity index is 123. The van der Waals surface area contributed by atoms with Gasteiger partial charge in [0.05, 0.1) is 0 Å². The number of rotatable bonds is 6. The molecule has 0 heterocycles. The van der Waals surface area contributed by atoms with Crippen LogP contribution in [0.4, 0.5) is 0 Å². The van der Waals surface area contributed by atoms with E-state index in [2.05, 4.69) is 31.4 Å². The Balaban J connectivity index is 0. The van der Waals surface area contributed by atoms with Crippen molar-refractivity contribution in [2.24, 2.45) is 0 Å². The first kappa shape index (κ1) is 16.7. The van der Waals surface area contributed by atoms with Gasteiger partial charge in [0.1, 0.15) is 4.32 Å². The summed E-state index contributed by atoms with van der Waals surface area (Å²) < 4.78 is 0.747. The zero-order valence-corrected chi connectivity index (χ0v) is 12.8. The predicted molar refractivity (Wildman–Crippen MR) is 63.0 cm³/mol. The van der Waals surface area contributed by atoms with Gasteiger partial charge in [0.15, 0.2) is 0 Å². The average molecular weight is 228 g/mol. The molecule has 0 spiro atoms. The third-order valence-electron chi connectivity index (χ3n) is 1.83. The fourth-order valence-corrected chi connectivity index (χ4v) is 1.38. The van der Waals surface area contributed by atoms with Gasteiger partial charge in [0.2, 0.25) is 0 Å². The van der Waals surface area contributed by atoms with Gasteiger partial charge in [0.25, 0.3) is 0 Å². The molecule has 0 aromatic carbocycles. The van der Waals surface area contributed by atoms with Crippen molar-refractivity contribution in [1.29, 1.82) is 0 Å². The van der Waals surface area contributed by atoms with Gasteiger partial charge in [-0.25, -0.2) is 0 Å². The van der Waals surface area contributed by atoms with Gasteiger partial charge in [-0.05, 0) is 12.8 Å². The second kappa shape index (κ2) is 11.3. The second-order valence-corrected chi connectivity index (χ2v) is 4.09. The van der Waals surface area contributed by atoms with E-state index in [1.807, 2.05) is 0 Å². The molecule has 0 saturated carbocycles. The molecular weight excluding hydrogens is 209 g/mol.